The summed E-state index contributed by atoms with van der Waals surface area (Å²) in [7, 11) is 0. The number of aliphatic hydroxyl groups excluding tert-OH is 2. The number of fused-ring (bicyclic) bond motifs is 2. The summed E-state index contributed by atoms with van der Waals surface area (Å²) in [6.07, 6.45) is -0.126. The molecule has 0 radical (unpaired) electrons. The van der Waals surface area contributed by atoms with E-state index in [4.69, 9.17) is 21.1 Å². The third-order valence-electron chi connectivity index (χ3n) is 5.80. The summed E-state index contributed by atoms with van der Waals surface area (Å²) < 4.78 is 12.0. The van der Waals surface area contributed by atoms with Crippen molar-refractivity contribution in [2.24, 2.45) is 0 Å². The van der Waals surface area contributed by atoms with Gasteiger partial charge in [-0.2, -0.15) is 0 Å². The lowest BCUT2D eigenvalue weighted by Gasteiger charge is -2.43. The highest BCUT2D eigenvalue weighted by atomic mass is 35.5. The number of hydrogen-bond donors (Lipinski definition) is 2. The topological polar surface area (TPSA) is 58.9 Å². The molecule has 2 N–H and O–H groups in total. The lowest BCUT2D eigenvalue weighted by molar-refractivity contribution is -0.339. The maximum atomic E-state index is 10.7. The molecule has 2 aromatic carbocycles. The summed E-state index contributed by atoms with van der Waals surface area (Å²) in [5, 5.41) is 21.4. The molecule has 4 atom stereocenters. The van der Waals surface area contributed by atoms with Crippen molar-refractivity contribution in [1.82, 2.24) is 0 Å². The van der Waals surface area contributed by atoms with Crippen molar-refractivity contribution in [2.45, 2.75) is 63.8 Å². The predicted octanol–water partition coefficient (Wildman–Crippen LogP) is 3.71. The van der Waals surface area contributed by atoms with Gasteiger partial charge in [0.15, 0.2) is 0 Å². The molecule has 1 saturated heterocycles. The fraction of sp³-hybridized carbons (Fsp3) is 0.455. The molecule has 144 valence electrons. The quantitative estimate of drug-likeness (QED) is 0.841. The van der Waals surface area contributed by atoms with Crippen LogP contribution in [0.4, 0.5) is 0 Å². The summed E-state index contributed by atoms with van der Waals surface area (Å²) in [6.45, 7) is 4.27. The molecule has 2 aromatic rings. The number of hydrogen-bond acceptors (Lipinski definition) is 4. The Labute approximate surface area is 164 Å². The monoisotopic (exact) mass is 388 g/mol. The molecule has 27 heavy (non-hydrogen) atoms. The van der Waals surface area contributed by atoms with E-state index in [-0.39, 0.29) is 6.42 Å². The minimum absolute atomic E-state index is 0.219. The van der Waals surface area contributed by atoms with E-state index in [9.17, 15) is 10.2 Å². The van der Waals surface area contributed by atoms with Gasteiger partial charge in [-0.25, -0.2) is 0 Å². The van der Waals surface area contributed by atoms with E-state index >= 15 is 0 Å². The van der Waals surface area contributed by atoms with Crippen LogP contribution in [0.25, 0.3) is 0 Å². The third-order valence-corrected chi connectivity index (χ3v) is 6.15. The van der Waals surface area contributed by atoms with Crippen LogP contribution in [-0.4, -0.2) is 28.5 Å². The first kappa shape index (κ1) is 18.9. The van der Waals surface area contributed by atoms with Gasteiger partial charge in [0.2, 0.25) is 5.79 Å². The lowest BCUT2D eigenvalue weighted by atomic mass is 9.87. The van der Waals surface area contributed by atoms with Crippen molar-refractivity contribution >= 4 is 11.6 Å². The van der Waals surface area contributed by atoms with Crippen LogP contribution in [-0.2, 0) is 34.7 Å². The molecule has 0 saturated carbocycles. The van der Waals surface area contributed by atoms with Gasteiger partial charge in [0.25, 0.3) is 0 Å². The largest absolute Gasteiger partial charge is 0.390 e. The molecule has 2 heterocycles. The second-order valence-electron chi connectivity index (χ2n) is 7.50. The van der Waals surface area contributed by atoms with Gasteiger partial charge < -0.3 is 19.7 Å². The first-order valence-corrected chi connectivity index (χ1v) is 9.89. The molecule has 0 aliphatic carbocycles. The average molecular weight is 389 g/mol. The van der Waals surface area contributed by atoms with Gasteiger partial charge in [-0.15, -0.1) is 0 Å². The summed E-state index contributed by atoms with van der Waals surface area (Å²) in [4.78, 5) is 0. The van der Waals surface area contributed by atoms with Crippen LogP contribution >= 0.6 is 11.6 Å². The molecule has 1 spiro atoms. The van der Waals surface area contributed by atoms with Crippen LogP contribution in [0.15, 0.2) is 36.4 Å². The smallest absolute Gasteiger partial charge is 0.222 e. The number of halogens is 1. The van der Waals surface area contributed by atoms with Crippen molar-refractivity contribution in [1.29, 1.82) is 0 Å². The van der Waals surface area contributed by atoms with E-state index in [0.717, 1.165) is 23.1 Å². The average Bonchev–Trinajstić information content (AvgIpc) is 3.03. The molecule has 0 amide bonds. The SMILES string of the molecule is CCc1ccc(Cc2c(Cl)ccc3c2COC32OC(C)C(O)CC2O)cc1. The summed E-state index contributed by atoms with van der Waals surface area (Å²) >= 11 is 6.53. The van der Waals surface area contributed by atoms with Gasteiger partial charge in [0.05, 0.1) is 18.8 Å². The first-order chi connectivity index (χ1) is 12.9. The van der Waals surface area contributed by atoms with Gasteiger partial charge in [-0.3, -0.25) is 0 Å². The fourth-order valence-electron chi connectivity index (χ4n) is 4.08. The van der Waals surface area contributed by atoms with E-state index in [2.05, 4.69) is 31.2 Å². The van der Waals surface area contributed by atoms with Crippen molar-refractivity contribution < 1.29 is 19.7 Å². The van der Waals surface area contributed by atoms with Gasteiger partial charge in [-0.1, -0.05) is 48.9 Å². The van der Waals surface area contributed by atoms with Crippen molar-refractivity contribution in [3.05, 3.63) is 69.2 Å². The molecule has 4 unspecified atom stereocenters. The van der Waals surface area contributed by atoms with Crippen LogP contribution in [0.1, 0.15) is 48.1 Å². The molecule has 0 bridgehead atoms. The van der Waals surface area contributed by atoms with E-state index in [1.807, 2.05) is 12.1 Å². The third kappa shape index (κ3) is 3.20. The molecule has 4 rings (SSSR count). The van der Waals surface area contributed by atoms with Crippen molar-refractivity contribution in [3.63, 3.8) is 0 Å². The molecule has 2 aliphatic rings. The normalized spacial score (nSPS) is 29.9. The Bertz CT molecular complexity index is 835. The van der Waals surface area contributed by atoms with Crippen molar-refractivity contribution in [2.75, 3.05) is 0 Å². The molecule has 0 aromatic heterocycles. The van der Waals surface area contributed by atoms with Crippen LogP contribution in [0.2, 0.25) is 5.02 Å². The highest BCUT2D eigenvalue weighted by Gasteiger charge is 2.53. The van der Waals surface area contributed by atoms with Gasteiger partial charge in [0.1, 0.15) is 6.10 Å². The molecule has 1 fully saturated rings. The number of aliphatic hydroxyl groups is 2. The highest BCUT2D eigenvalue weighted by molar-refractivity contribution is 6.31. The van der Waals surface area contributed by atoms with E-state index in [1.165, 1.54) is 11.1 Å². The Morgan fingerprint density at radius 2 is 1.81 bits per heavy atom. The minimum atomic E-state index is -1.22. The number of rotatable bonds is 3. The zero-order chi connectivity index (χ0) is 19.2. The summed E-state index contributed by atoms with van der Waals surface area (Å²) in [6, 6.07) is 12.3. The van der Waals surface area contributed by atoms with Crippen molar-refractivity contribution in [3.8, 4) is 0 Å². The Kier molecular flexibility index (Phi) is 5.04. The van der Waals surface area contributed by atoms with E-state index in [1.54, 1.807) is 6.92 Å². The zero-order valence-electron chi connectivity index (χ0n) is 15.6. The van der Waals surface area contributed by atoms with Gasteiger partial charge >= 0.3 is 0 Å². The Balaban J connectivity index is 1.71. The zero-order valence-corrected chi connectivity index (χ0v) is 16.4. The molecular formula is C22H25ClO4. The summed E-state index contributed by atoms with van der Waals surface area (Å²) in [5.41, 5.74) is 5.28. The maximum absolute atomic E-state index is 10.7. The highest BCUT2D eigenvalue weighted by Crippen LogP contribution is 2.47. The second kappa shape index (κ2) is 7.19. The van der Waals surface area contributed by atoms with E-state index < -0.39 is 24.1 Å². The maximum Gasteiger partial charge on any atom is 0.222 e. The second-order valence-corrected chi connectivity index (χ2v) is 7.90. The molecule has 4 nitrogen and oxygen atoms in total. The Morgan fingerprint density at radius 3 is 2.52 bits per heavy atom. The van der Waals surface area contributed by atoms with Crippen LogP contribution < -0.4 is 0 Å². The predicted molar refractivity (Wildman–Crippen MR) is 104 cm³/mol. The standard InChI is InChI=1S/C22H25ClO4/c1-3-14-4-6-15(7-5-14)10-16-17-12-26-22(18(17)8-9-19(16)23)21(25)11-20(24)13(2)27-22/h4-9,13,20-21,24-25H,3,10-12H2,1-2H3. The number of aryl methyl sites for hydroxylation is 1. The van der Waals surface area contributed by atoms with Crippen LogP contribution in [0.5, 0.6) is 0 Å². The number of ether oxygens (including phenoxy) is 2. The molecular weight excluding hydrogens is 364 g/mol. The first-order valence-electron chi connectivity index (χ1n) is 9.51. The van der Waals surface area contributed by atoms with Crippen LogP contribution in [0, 0.1) is 0 Å². The molecule has 2 aliphatic heterocycles. The fourth-order valence-corrected chi connectivity index (χ4v) is 4.33. The van der Waals surface area contributed by atoms with Gasteiger partial charge in [-0.05, 0) is 48.1 Å². The minimum Gasteiger partial charge on any atom is -0.390 e. The van der Waals surface area contributed by atoms with Gasteiger partial charge in [0, 0.05) is 17.0 Å². The van der Waals surface area contributed by atoms with E-state index in [0.29, 0.717) is 18.1 Å². The Hall–Kier alpha value is -1.43. The van der Waals surface area contributed by atoms with Crippen LogP contribution in [0.3, 0.4) is 0 Å². The number of benzene rings is 2. The summed E-state index contributed by atoms with van der Waals surface area (Å²) in [5.74, 6) is -1.22. The lowest BCUT2D eigenvalue weighted by Crippen LogP contribution is -2.53. The molecule has 5 heteroatoms. The Morgan fingerprint density at radius 1 is 1.11 bits per heavy atom.